The van der Waals surface area contributed by atoms with Crippen LogP contribution >= 0.6 is 11.6 Å². The number of ether oxygens (including phenoxy) is 2. The molecule has 3 heterocycles. The molecule has 0 aliphatic carbocycles. The van der Waals surface area contributed by atoms with Crippen molar-refractivity contribution >= 4 is 34.7 Å². The van der Waals surface area contributed by atoms with E-state index in [4.69, 9.17) is 26.8 Å². The summed E-state index contributed by atoms with van der Waals surface area (Å²) >= 11 is 6.43. The third-order valence-corrected chi connectivity index (χ3v) is 5.90. The predicted molar refractivity (Wildman–Crippen MR) is 140 cm³/mol. The normalized spacial score (nSPS) is 10.9. The molecule has 192 valence electrons. The first kappa shape index (κ1) is 27.0. The molecular weight excluding hydrogens is 482 g/mol. The summed E-state index contributed by atoms with van der Waals surface area (Å²) in [6.45, 7) is 5.86. The van der Waals surface area contributed by atoms with Crippen molar-refractivity contribution in [2.45, 2.75) is 26.8 Å². The van der Waals surface area contributed by atoms with E-state index >= 15 is 0 Å². The Labute approximate surface area is 216 Å². The van der Waals surface area contributed by atoms with Crippen LogP contribution in [0.4, 0.5) is 10.7 Å². The number of rotatable bonds is 8. The minimum Gasteiger partial charge on any atom is -0.496 e. The maximum absolute atomic E-state index is 12.1. The second-order valence-electron chi connectivity index (χ2n) is 8.68. The fourth-order valence-corrected chi connectivity index (χ4v) is 3.94. The van der Waals surface area contributed by atoms with Gasteiger partial charge in [-0.25, -0.2) is 9.78 Å². The first-order valence-corrected chi connectivity index (χ1v) is 11.8. The van der Waals surface area contributed by atoms with Crippen LogP contribution in [-0.4, -0.2) is 83.4 Å². The third kappa shape index (κ3) is 6.36. The number of likely N-dealkylation sites (N-methyl/N-ethyl adjacent to an activating group) is 2. The van der Waals surface area contributed by atoms with E-state index in [1.54, 1.807) is 25.3 Å². The Balaban J connectivity index is 1.79. The number of carbonyl (C=O) groups is 1. The van der Waals surface area contributed by atoms with Crippen LogP contribution in [0.5, 0.6) is 5.75 Å². The van der Waals surface area contributed by atoms with E-state index in [0.29, 0.717) is 36.1 Å². The number of aryl methyl sites for hydroxylation is 1. The molecule has 2 N–H and O–H groups in total. The molecule has 3 aromatic heterocycles. The van der Waals surface area contributed by atoms with Crippen LogP contribution < -0.4 is 10.5 Å². The van der Waals surface area contributed by atoms with Gasteiger partial charge in [0.05, 0.1) is 30.3 Å². The highest BCUT2D eigenvalue weighted by Crippen LogP contribution is 2.29. The summed E-state index contributed by atoms with van der Waals surface area (Å²) in [6.07, 6.45) is 3.62. The summed E-state index contributed by atoms with van der Waals surface area (Å²) in [7, 11) is 7.25. The Morgan fingerprint density at radius 1 is 1.22 bits per heavy atom. The zero-order valence-electron chi connectivity index (χ0n) is 21.6. The number of amides is 1. The molecule has 0 aliphatic rings. The maximum Gasteiger partial charge on any atom is 0.409 e. The van der Waals surface area contributed by atoms with Gasteiger partial charge in [0.1, 0.15) is 23.2 Å². The molecule has 1 amide bonds. The zero-order valence-corrected chi connectivity index (χ0v) is 22.3. The van der Waals surface area contributed by atoms with Gasteiger partial charge < -0.3 is 29.6 Å². The molecule has 0 saturated heterocycles. The molecule has 3 rings (SSSR count). The quantitative estimate of drug-likeness (QED) is 0.278. The molecule has 11 heteroatoms. The number of hydrogen-bond donors (Lipinski definition) is 1. The van der Waals surface area contributed by atoms with Crippen molar-refractivity contribution in [3.05, 3.63) is 39.9 Å². The summed E-state index contributed by atoms with van der Waals surface area (Å²) in [5, 5.41) is 0.830. The predicted octanol–water partition coefficient (Wildman–Crippen LogP) is 3.11. The molecule has 0 bridgehead atoms. The lowest BCUT2D eigenvalue weighted by Gasteiger charge is -2.18. The van der Waals surface area contributed by atoms with Gasteiger partial charge in [0, 0.05) is 50.1 Å². The summed E-state index contributed by atoms with van der Waals surface area (Å²) in [6, 6.07) is 0. The fraction of sp³-hybridized carbons (Fsp3) is 0.440. The number of aromatic nitrogens is 4. The minimum atomic E-state index is -0.376. The van der Waals surface area contributed by atoms with Gasteiger partial charge in [-0.1, -0.05) is 23.4 Å². The van der Waals surface area contributed by atoms with E-state index in [0.717, 1.165) is 29.1 Å². The van der Waals surface area contributed by atoms with E-state index in [1.807, 2.05) is 43.6 Å². The Morgan fingerprint density at radius 3 is 2.67 bits per heavy atom. The van der Waals surface area contributed by atoms with Crippen LogP contribution in [0.15, 0.2) is 12.4 Å². The molecule has 0 aromatic carbocycles. The fourth-order valence-electron chi connectivity index (χ4n) is 3.66. The van der Waals surface area contributed by atoms with Crippen molar-refractivity contribution < 1.29 is 14.3 Å². The lowest BCUT2D eigenvalue weighted by molar-refractivity contribution is 0.111. The lowest BCUT2D eigenvalue weighted by Crippen LogP contribution is -2.34. The number of methoxy groups -OCH3 is 1. The van der Waals surface area contributed by atoms with Crippen LogP contribution in [0, 0.1) is 25.7 Å². The van der Waals surface area contributed by atoms with Gasteiger partial charge in [-0.15, -0.1) is 0 Å². The molecule has 0 spiro atoms. The van der Waals surface area contributed by atoms with Gasteiger partial charge in [-0.05, 0) is 27.9 Å². The Hall–Kier alpha value is -3.55. The SMILES string of the molecule is COc1c(C)cnc(Cn2cc(C#CCCOC(=O)N(C)CCN(C)C)c3c(Cl)nc(N)nc32)c1C. The number of anilines is 1. The van der Waals surface area contributed by atoms with Gasteiger partial charge in [0.2, 0.25) is 5.95 Å². The van der Waals surface area contributed by atoms with Crippen molar-refractivity contribution in [3.8, 4) is 17.6 Å². The Kier molecular flexibility index (Phi) is 8.96. The topological polar surface area (TPSA) is 112 Å². The summed E-state index contributed by atoms with van der Waals surface area (Å²) < 4.78 is 12.7. The molecule has 0 atom stereocenters. The number of pyridine rings is 1. The van der Waals surface area contributed by atoms with E-state index in [9.17, 15) is 4.79 Å². The van der Waals surface area contributed by atoms with Gasteiger partial charge >= 0.3 is 6.09 Å². The molecule has 3 aromatic rings. The second kappa shape index (κ2) is 11.9. The van der Waals surface area contributed by atoms with Gasteiger partial charge in [0.15, 0.2) is 0 Å². The molecule has 0 aliphatic heterocycles. The van der Waals surface area contributed by atoms with Gasteiger partial charge in [-0.2, -0.15) is 4.98 Å². The highest BCUT2D eigenvalue weighted by atomic mass is 35.5. The largest absolute Gasteiger partial charge is 0.496 e. The average molecular weight is 514 g/mol. The van der Waals surface area contributed by atoms with Crippen molar-refractivity contribution in [3.63, 3.8) is 0 Å². The molecule has 0 radical (unpaired) electrons. The number of halogens is 1. The zero-order chi connectivity index (χ0) is 26.4. The average Bonchev–Trinajstić information content (AvgIpc) is 3.16. The number of fused-ring (bicyclic) bond motifs is 1. The monoisotopic (exact) mass is 513 g/mol. The summed E-state index contributed by atoms with van der Waals surface area (Å²) in [5.74, 6) is 7.03. The first-order valence-electron chi connectivity index (χ1n) is 11.4. The second-order valence-corrected chi connectivity index (χ2v) is 9.04. The van der Waals surface area contributed by atoms with Crippen LogP contribution in [0.1, 0.15) is 28.8 Å². The summed E-state index contributed by atoms with van der Waals surface area (Å²) in [4.78, 5) is 28.7. The van der Waals surface area contributed by atoms with Crippen LogP contribution in [0.2, 0.25) is 5.15 Å². The molecule has 36 heavy (non-hydrogen) atoms. The van der Waals surface area contributed by atoms with Crippen molar-refractivity contribution in [2.75, 3.05) is 53.7 Å². The van der Waals surface area contributed by atoms with Gasteiger partial charge in [0.25, 0.3) is 0 Å². The molecule has 0 unspecified atom stereocenters. The van der Waals surface area contributed by atoms with Crippen molar-refractivity contribution in [2.24, 2.45) is 0 Å². The number of carbonyl (C=O) groups excluding carboxylic acids is 1. The standard InChI is InChI=1S/C25H32ClN7O3/c1-16-13-28-19(17(2)21(16)35-6)15-33-14-18(20-22(26)29-24(27)30-23(20)33)9-7-8-12-36-25(34)32(5)11-10-31(3)4/h13-14H,8,10-12,15H2,1-6H3,(H2,27,29,30). The van der Waals surface area contributed by atoms with Crippen LogP contribution in [0.25, 0.3) is 11.0 Å². The van der Waals surface area contributed by atoms with E-state index in [2.05, 4.69) is 26.8 Å². The molecular formula is C25H32ClN7O3. The highest BCUT2D eigenvalue weighted by molar-refractivity contribution is 6.34. The lowest BCUT2D eigenvalue weighted by atomic mass is 10.1. The number of nitrogens with two attached hydrogens (primary N) is 1. The van der Waals surface area contributed by atoms with E-state index in [-0.39, 0.29) is 23.8 Å². The van der Waals surface area contributed by atoms with Crippen LogP contribution in [0.3, 0.4) is 0 Å². The molecule has 0 saturated carbocycles. The highest BCUT2D eigenvalue weighted by Gasteiger charge is 2.17. The summed E-state index contributed by atoms with van der Waals surface area (Å²) in [5.41, 5.74) is 9.82. The van der Waals surface area contributed by atoms with Crippen molar-refractivity contribution in [1.82, 2.24) is 29.3 Å². The number of nitrogens with zero attached hydrogens (tertiary/aromatic N) is 6. The van der Waals surface area contributed by atoms with Gasteiger partial charge in [-0.3, -0.25) is 4.98 Å². The minimum absolute atomic E-state index is 0.0721. The molecule has 10 nitrogen and oxygen atoms in total. The first-order chi connectivity index (χ1) is 17.1. The van der Waals surface area contributed by atoms with Crippen LogP contribution in [-0.2, 0) is 11.3 Å². The smallest absolute Gasteiger partial charge is 0.409 e. The van der Waals surface area contributed by atoms with E-state index < -0.39 is 0 Å². The van der Waals surface area contributed by atoms with Crippen molar-refractivity contribution in [1.29, 1.82) is 0 Å². The Morgan fingerprint density at radius 2 is 1.97 bits per heavy atom. The number of nitrogen functional groups attached to an aromatic ring is 1. The number of hydrogen-bond acceptors (Lipinski definition) is 8. The third-order valence-electron chi connectivity index (χ3n) is 5.63. The van der Waals surface area contributed by atoms with E-state index in [1.165, 1.54) is 0 Å². The Bertz CT molecular complexity index is 1310. The maximum atomic E-state index is 12.1. The molecule has 0 fully saturated rings.